The maximum Gasteiger partial charge on any atom is 0.408 e. The van der Waals surface area contributed by atoms with Gasteiger partial charge in [-0.1, -0.05) is 68.8 Å². The molecule has 0 saturated carbocycles. The van der Waals surface area contributed by atoms with E-state index in [1.165, 1.54) is 23.1 Å². The number of nitrogens with zero attached hydrogens (tertiary/aromatic N) is 1. The Morgan fingerprint density at radius 3 is 2.09 bits per heavy atom. The second-order valence-electron chi connectivity index (χ2n) is 13.1. The molecule has 45 heavy (non-hydrogen) atoms. The maximum atomic E-state index is 14.3. The SMILES string of the molecule is C=CCN(C(=O)C(NC(=O)OC(C)(C)C)C(C)CC)C(C(=O)NC(Cc1ccccc1)C(=O)OC(C)(C)C)c1cccc(O)c1. The van der Waals surface area contributed by atoms with Gasteiger partial charge in [-0.15, -0.1) is 6.58 Å². The second kappa shape index (κ2) is 16.1. The number of rotatable bonds is 13. The van der Waals surface area contributed by atoms with Crippen LogP contribution in [0.3, 0.4) is 0 Å². The Hall–Kier alpha value is -4.34. The third-order valence-corrected chi connectivity index (χ3v) is 6.80. The molecule has 0 spiro atoms. The van der Waals surface area contributed by atoms with Crippen LogP contribution in [0.4, 0.5) is 4.79 Å². The largest absolute Gasteiger partial charge is 0.508 e. The zero-order valence-electron chi connectivity index (χ0n) is 27.8. The highest BCUT2D eigenvalue weighted by atomic mass is 16.6. The summed E-state index contributed by atoms with van der Waals surface area (Å²) in [6, 6.07) is 11.7. The zero-order chi connectivity index (χ0) is 33.9. The van der Waals surface area contributed by atoms with Crippen LogP contribution in [-0.4, -0.2) is 63.7 Å². The summed E-state index contributed by atoms with van der Waals surface area (Å²) in [5.41, 5.74) is -0.526. The molecule has 2 aromatic carbocycles. The molecule has 4 atom stereocenters. The van der Waals surface area contributed by atoms with E-state index in [9.17, 15) is 24.3 Å². The van der Waals surface area contributed by atoms with Crippen molar-refractivity contribution >= 4 is 23.9 Å². The number of carbonyl (C=O) groups excluding carboxylic acids is 4. The van der Waals surface area contributed by atoms with Crippen LogP contribution in [0.15, 0.2) is 67.3 Å². The molecule has 0 saturated heterocycles. The van der Waals surface area contributed by atoms with Crippen molar-refractivity contribution in [3.8, 4) is 5.75 Å². The average Bonchev–Trinajstić information content (AvgIpc) is 2.93. The van der Waals surface area contributed by atoms with Gasteiger partial charge in [-0.3, -0.25) is 9.59 Å². The fourth-order valence-corrected chi connectivity index (χ4v) is 4.59. The molecule has 0 heterocycles. The van der Waals surface area contributed by atoms with E-state index in [1.807, 2.05) is 44.2 Å². The second-order valence-corrected chi connectivity index (χ2v) is 13.1. The van der Waals surface area contributed by atoms with Crippen LogP contribution in [0, 0.1) is 5.92 Å². The molecule has 10 heteroatoms. The number of amides is 3. The highest BCUT2D eigenvalue weighted by Gasteiger charge is 2.39. The van der Waals surface area contributed by atoms with E-state index in [0.717, 1.165) is 5.56 Å². The first-order chi connectivity index (χ1) is 21.0. The molecule has 0 aromatic heterocycles. The van der Waals surface area contributed by atoms with Crippen LogP contribution in [0.25, 0.3) is 0 Å². The Bertz CT molecular complexity index is 1310. The van der Waals surface area contributed by atoms with Gasteiger partial charge in [-0.25, -0.2) is 9.59 Å². The fraction of sp³-hybridized carbons (Fsp3) is 0.486. The monoisotopic (exact) mass is 623 g/mol. The van der Waals surface area contributed by atoms with Gasteiger partial charge >= 0.3 is 12.1 Å². The van der Waals surface area contributed by atoms with Crippen molar-refractivity contribution in [1.82, 2.24) is 15.5 Å². The number of esters is 1. The molecule has 2 rings (SSSR count). The first-order valence-corrected chi connectivity index (χ1v) is 15.2. The third-order valence-electron chi connectivity index (χ3n) is 6.80. The van der Waals surface area contributed by atoms with Crippen LogP contribution in [-0.2, 0) is 30.3 Å². The number of carbonyl (C=O) groups is 4. The maximum absolute atomic E-state index is 14.3. The van der Waals surface area contributed by atoms with Gasteiger partial charge < -0.3 is 30.1 Å². The fourth-order valence-electron chi connectivity index (χ4n) is 4.59. The van der Waals surface area contributed by atoms with Crippen LogP contribution in [0.5, 0.6) is 5.75 Å². The number of aromatic hydroxyl groups is 1. The Morgan fingerprint density at radius 1 is 0.933 bits per heavy atom. The molecule has 0 bridgehead atoms. The highest BCUT2D eigenvalue weighted by molar-refractivity contribution is 5.94. The third kappa shape index (κ3) is 11.9. The van der Waals surface area contributed by atoms with Crippen molar-refractivity contribution in [3.63, 3.8) is 0 Å². The Morgan fingerprint density at radius 2 is 1.56 bits per heavy atom. The Kier molecular flexibility index (Phi) is 13.2. The van der Waals surface area contributed by atoms with E-state index in [-0.39, 0.29) is 24.6 Å². The van der Waals surface area contributed by atoms with Gasteiger partial charge in [0.15, 0.2) is 0 Å². The van der Waals surface area contributed by atoms with Crippen LogP contribution >= 0.6 is 0 Å². The number of ether oxygens (including phenoxy) is 2. The van der Waals surface area contributed by atoms with Gasteiger partial charge in [0.05, 0.1) is 0 Å². The molecule has 246 valence electrons. The lowest BCUT2D eigenvalue weighted by molar-refractivity contribution is -0.159. The molecule has 0 radical (unpaired) electrons. The Balaban J connectivity index is 2.60. The smallest absolute Gasteiger partial charge is 0.408 e. The average molecular weight is 624 g/mol. The minimum atomic E-state index is -1.31. The number of alkyl carbamates (subject to hydrolysis) is 1. The van der Waals surface area contributed by atoms with Crippen molar-refractivity contribution in [1.29, 1.82) is 0 Å². The van der Waals surface area contributed by atoms with E-state index in [0.29, 0.717) is 12.0 Å². The first kappa shape index (κ1) is 36.8. The number of phenolic OH excluding ortho intramolecular Hbond substituents is 1. The van der Waals surface area contributed by atoms with Gasteiger partial charge in [0, 0.05) is 13.0 Å². The molecular weight excluding hydrogens is 574 g/mol. The molecule has 4 unspecified atom stereocenters. The predicted octanol–water partition coefficient (Wildman–Crippen LogP) is 5.46. The summed E-state index contributed by atoms with van der Waals surface area (Å²) in [6.45, 7) is 17.8. The lowest BCUT2D eigenvalue weighted by Gasteiger charge is -2.36. The topological polar surface area (TPSA) is 134 Å². The molecule has 0 aliphatic heterocycles. The van der Waals surface area contributed by atoms with Gasteiger partial charge in [-0.05, 0) is 70.7 Å². The van der Waals surface area contributed by atoms with Crippen molar-refractivity contribution in [2.24, 2.45) is 5.92 Å². The molecule has 2 aromatic rings. The van der Waals surface area contributed by atoms with E-state index in [4.69, 9.17) is 9.47 Å². The van der Waals surface area contributed by atoms with Crippen molar-refractivity contribution in [3.05, 3.63) is 78.4 Å². The standard InChI is InChI=1S/C35H49N3O7/c1-10-20-38(31(41)28(23(3)11-2)37-33(43)45-35(7,8)9)29(25-18-15-19-26(39)22-25)30(40)36-27(32(42)44-34(4,5)6)21-24-16-13-12-14-17-24/h10,12-19,22-23,27-29,39H,1,11,20-21H2,2-9H3,(H,36,40)(H,37,43). The summed E-state index contributed by atoms with van der Waals surface area (Å²) >= 11 is 0. The molecule has 0 aliphatic rings. The van der Waals surface area contributed by atoms with Gasteiger partial charge in [0.2, 0.25) is 11.8 Å². The quantitative estimate of drug-likeness (QED) is 0.199. The van der Waals surface area contributed by atoms with Crippen molar-refractivity contribution < 1.29 is 33.8 Å². The van der Waals surface area contributed by atoms with E-state index >= 15 is 0 Å². The number of benzene rings is 2. The minimum Gasteiger partial charge on any atom is -0.508 e. The summed E-state index contributed by atoms with van der Waals surface area (Å²) in [6.07, 6.45) is 1.37. The summed E-state index contributed by atoms with van der Waals surface area (Å²) in [4.78, 5) is 56.1. The lowest BCUT2D eigenvalue weighted by Crippen LogP contribution is -2.56. The summed E-state index contributed by atoms with van der Waals surface area (Å²) in [5, 5.41) is 15.9. The van der Waals surface area contributed by atoms with Crippen LogP contribution in [0.2, 0.25) is 0 Å². The molecule has 0 aliphatic carbocycles. The molecule has 3 amide bonds. The van der Waals surface area contributed by atoms with Crippen molar-refractivity contribution in [2.45, 2.75) is 97.6 Å². The first-order valence-electron chi connectivity index (χ1n) is 15.2. The molecule has 3 N–H and O–H groups in total. The zero-order valence-corrected chi connectivity index (χ0v) is 27.8. The summed E-state index contributed by atoms with van der Waals surface area (Å²) in [5.74, 6) is -2.33. The normalized spacial score (nSPS) is 14.2. The lowest BCUT2D eigenvalue weighted by atomic mass is 9.95. The van der Waals surface area contributed by atoms with E-state index < -0.39 is 53.2 Å². The molecule has 0 fully saturated rings. The van der Waals surface area contributed by atoms with Gasteiger partial charge in [0.1, 0.15) is 35.1 Å². The number of phenols is 1. The highest BCUT2D eigenvalue weighted by Crippen LogP contribution is 2.27. The van der Waals surface area contributed by atoms with Crippen LogP contribution < -0.4 is 10.6 Å². The predicted molar refractivity (Wildman–Crippen MR) is 173 cm³/mol. The van der Waals surface area contributed by atoms with E-state index in [2.05, 4.69) is 17.2 Å². The van der Waals surface area contributed by atoms with Crippen molar-refractivity contribution in [2.75, 3.05) is 6.54 Å². The number of hydrogen-bond donors (Lipinski definition) is 3. The van der Waals surface area contributed by atoms with Gasteiger partial charge in [-0.2, -0.15) is 0 Å². The summed E-state index contributed by atoms with van der Waals surface area (Å²) < 4.78 is 11.1. The molecular formula is C35H49N3O7. The number of hydrogen-bond acceptors (Lipinski definition) is 7. The van der Waals surface area contributed by atoms with Gasteiger partial charge in [0.25, 0.3) is 0 Å². The summed E-state index contributed by atoms with van der Waals surface area (Å²) in [7, 11) is 0. The number of nitrogens with one attached hydrogen (secondary N) is 2. The molecule has 10 nitrogen and oxygen atoms in total. The van der Waals surface area contributed by atoms with Crippen LogP contribution in [0.1, 0.15) is 79.0 Å². The van der Waals surface area contributed by atoms with E-state index in [1.54, 1.807) is 53.7 Å². The Labute approximate surface area is 267 Å². The minimum absolute atomic E-state index is 0.0781.